The summed E-state index contributed by atoms with van der Waals surface area (Å²) in [7, 11) is 0. The van der Waals surface area contributed by atoms with Crippen LogP contribution in [0.15, 0.2) is 47.4 Å². The number of fused-ring (bicyclic) bond motifs is 1. The first kappa shape index (κ1) is 19.9. The molecule has 2 N–H and O–H groups in total. The van der Waals surface area contributed by atoms with E-state index in [1.165, 1.54) is 10.6 Å². The van der Waals surface area contributed by atoms with Crippen LogP contribution >= 0.6 is 0 Å². The van der Waals surface area contributed by atoms with Gasteiger partial charge in [0.2, 0.25) is 0 Å². The van der Waals surface area contributed by atoms with E-state index >= 15 is 0 Å². The fraction of sp³-hybridized carbons (Fsp3) is 0.333. The number of piperidine rings is 1. The summed E-state index contributed by atoms with van der Waals surface area (Å²) in [6, 6.07) is 9.53. The number of pyridine rings is 1. The van der Waals surface area contributed by atoms with Crippen LogP contribution in [0.5, 0.6) is 11.6 Å². The number of halogens is 2. The highest BCUT2D eigenvalue weighted by atomic mass is 19.3. The number of carbonyl (C=O) groups is 1. The first-order valence-electron chi connectivity index (χ1n) is 9.66. The van der Waals surface area contributed by atoms with Crippen molar-refractivity contribution < 1.29 is 23.4 Å². The van der Waals surface area contributed by atoms with Gasteiger partial charge < -0.3 is 19.3 Å². The zero-order valence-corrected chi connectivity index (χ0v) is 16.1. The monoisotopic (exact) mass is 417 g/mol. The molecule has 0 radical (unpaired) electrons. The van der Waals surface area contributed by atoms with E-state index in [1.807, 2.05) is 6.07 Å². The van der Waals surface area contributed by atoms with Gasteiger partial charge in [0.05, 0.1) is 17.6 Å². The summed E-state index contributed by atoms with van der Waals surface area (Å²) in [6.45, 7) is 0.518. The molecule has 1 amide bonds. The quantitative estimate of drug-likeness (QED) is 0.668. The van der Waals surface area contributed by atoms with Crippen LogP contribution in [0.3, 0.4) is 0 Å². The molecule has 3 heterocycles. The highest BCUT2D eigenvalue weighted by molar-refractivity contribution is 5.94. The Balaban J connectivity index is 1.42. The highest BCUT2D eigenvalue weighted by Gasteiger charge is 2.26. The van der Waals surface area contributed by atoms with Gasteiger partial charge >= 0.3 is 0 Å². The Kier molecular flexibility index (Phi) is 5.43. The fourth-order valence-electron chi connectivity index (χ4n) is 3.80. The van der Waals surface area contributed by atoms with Gasteiger partial charge in [0.1, 0.15) is 11.9 Å². The maximum atomic E-state index is 12.8. The van der Waals surface area contributed by atoms with Crippen molar-refractivity contribution in [2.45, 2.75) is 31.9 Å². The van der Waals surface area contributed by atoms with E-state index in [4.69, 9.17) is 4.74 Å². The van der Waals surface area contributed by atoms with Gasteiger partial charge in [0, 0.05) is 49.6 Å². The molecule has 158 valence electrons. The molecule has 2 aromatic heterocycles. The van der Waals surface area contributed by atoms with Crippen molar-refractivity contribution >= 4 is 16.8 Å². The molecule has 4 rings (SSSR count). The first-order valence-corrected chi connectivity index (χ1v) is 9.66. The lowest BCUT2D eigenvalue weighted by Crippen LogP contribution is -2.42. The smallest absolute Gasteiger partial charge is 0.256 e. The molecule has 3 aromatic rings. The second-order valence-corrected chi connectivity index (χ2v) is 7.28. The van der Waals surface area contributed by atoms with Crippen molar-refractivity contribution in [3.63, 3.8) is 0 Å². The molecule has 7 nitrogen and oxygen atoms in total. The molecule has 0 atom stereocenters. The number of alkyl halides is 2. The summed E-state index contributed by atoms with van der Waals surface area (Å²) in [5.74, 6) is -0.0400. The molecular formula is C21H21F2N3O4. The summed E-state index contributed by atoms with van der Waals surface area (Å²) in [5, 5.41) is 10.3. The van der Waals surface area contributed by atoms with Gasteiger partial charge in [-0.2, -0.15) is 0 Å². The van der Waals surface area contributed by atoms with E-state index in [0.717, 1.165) is 11.5 Å². The largest absolute Gasteiger partial charge is 0.494 e. The molecule has 30 heavy (non-hydrogen) atoms. The minimum absolute atomic E-state index is 0.120. The maximum Gasteiger partial charge on any atom is 0.256 e. The lowest BCUT2D eigenvalue weighted by atomic mass is 10.1. The zero-order chi connectivity index (χ0) is 21.3. The average Bonchev–Trinajstić information content (AvgIpc) is 3.10. The van der Waals surface area contributed by atoms with E-state index in [2.05, 4.69) is 4.98 Å². The summed E-state index contributed by atoms with van der Waals surface area (Å²) in [5.41, 5.74) is 0.290. The summed E-state index contributed by atoms with van der Waals surface area (Å²) < 4.78 is 33.1. The molecule has 1 aromatic carbocycles. The van der Waals surface area contributed by atoms with Crippen LogP contribution in [-0.4, -0.2) is 51.1 Å². The number of likely N-dealkylation sites (tertiary alicyclic amines) is 1. The Morgan fingerprint density at radius 1 is 1.23 bits per heavy atom. The zero-order valence-electron chi connectivity index (χ0n) is 16.1. The number of nitrogens with zero attached hydrogens (tertiary/aromatic N) is 2. The predicted octanol–water partition coefficient (Wildman–Crippen LogP) is 2.98. The third-order valence-corrected chi connectivity index (χ3v) is 5.21. The van der Waals surface area contributed by atoms with Crippen LogP contribution in [0.2, 0.25) is 0 Å². The maximum absolute atomic E-state index is 12.8. The normalized spacial score (nSPS) is 15.1. The number of carbonyl (C=O) groups excluding carboxylic acids is 1. The van der Waals surface area contributed by atoms with Crippen molar-refractivity contribution in [1.29, 1.82) is 0 Å². The number of ether oxygens (including phenoxy) is 1. The minimum Gasteiger partial charge on any atom is -0.494 e. The van der Waals surface area contributed by atoms with Crippen LogP contribution in [0.4, 0.5) is 8.78 Å². The topological polar surface area (TPSA) is 87.6 Å². The van der Waals surface area contributed by atoms with E-state index in [0.29, 0.717) is 37.2 Å². The van der Waals surface area contributed by atoms with Crippen molar-refractivity contribution in [3.8, 4) is 11.6 Å². The second kappa shape index (κ2) is 8.17. The Morgan fingerprint density at radius 3 is 2.70 bits per heavy atom. The molecule has 0 unspecified atom stereocenters. The Hall–Kier alpha value is -3.36. The number of benzene rings is 1. The molecular weight excluding hydrogens is 396 g/mol. The third-order valence-electron chi connectivity index (χ3n) is 5.21. The number of amides is 1. The van der Waals surface area contributed by atoms with E-state index < -0.39 is 12.0 Å². The van der Waals surface area contributed by atoms with Gasteiger partial charge in [0.15, 0.2) is 5.88 Å². The van der Waals surface area contributed by atoms with Gasteiger partial charge in [-0.05, 0) is 18.2 Å². The standard InChI is InChI=1S/C21H21F2N3O4/c22-18(23)12-26-9-6-15-16(26)2-1-3-17(15)30-14-4-7-25(8-5-14)21(29)13-10-19(27)24-20(28)11-13/h1-3,6,9-11,14,18H,4-5,7-8,12H2,(H2,24,27,28). The van der Waals surface area contributed by atoms with Gasteiger partial charge in [0.25, 0.3) is 17.9 Å². The van der Waals surface area contributed by atoms with E-state index in [9.17, 15) is 23.5 Å². The Bertz CT molecular complexity index is 1120. The molecule has 0 bridgehead atoms. The lowest BCUT2D eigenvalue weighted by Gasteiger charge is -2.32. The number of aromatic hydroxyl groups is 1. The first-order chi connectivity index (χ1) is 14.4. The summed E-state index contributed by atoms with van der Waals surface area (Å²) in [6.07, 6.45) is 0.256. The number of nitrogens with one attached hydrogen (secondary N) is 1. The van der Waals surface area contributed by atoms with E-state index in [1.54, 1.807) is 29.3 Å². The SMILES string of the molecule is O=C(c1cc(O)[nH]c(=O)c1)N1CCC(Oc2cccc3c2ccn3CC(F)F)CC1. The minimum atomic E-state index is -2.44. The molecule has 0 saturated carbocycles. The van der Waals surface area contributed by atoms with Gasteiger partial charge in [-0.3, -0.25) is 14.6 Å². The number of hydrogen-bond donors (Lipinski definition) is 2. The van der Waals surface area contributed by atoms with Gasteiger partial charge in [-0.15, -0.1) is 0 Å². The molecule has 9 heteroatoms. The highest BCUT2D eigenvalue weighted by Crippen LogP contribution is 2.29. The molecule has 1 aliphatic rings. The number of H-pyrrole nitrogens is 1. The van der Waals surface area contributed by atoms with Gasteiger partial charge in [-0.25, -0.2) is 8.78 Å². The van der Waals surface area contributed by atoms with Crippen LogP contribution < -0.4 is 10.3 Å². The predicted molar refractivity (Wildman–Crippen MR) is 106 cm³/mol. The lowest BCUT2D eigenvalue weighted by molar-refractivity contribution is 0.0597. The molecule has 1 aliphatic heterocycles. The Morgan fingerprint density at radius 2 is 2.00 bits per heavy atom. The Labute approximate surface area is 170 Å². The van der Waals surface area contributed by atoms with Crippen molar-refractivity contribution in [1.82, 2.24) is 14.5 Å². The van der Waals surface area contributed by atoms with Crippen molar-refractivity contribution in [3.05, 3.63) is 58.5 Å². The fourth-order valence-corrected chi connectivity index (χ4v) is 3.80. The second-order valence-electron chi connectivity index (χ2n) is 7.28. The average molecular weight is 417 g/mol. The van der Waals surface area contributed by atoms with Crippen LogP contribution in [0, 0.1) is 0 Å². The number of rotatable bonds is 5. The molecule has 1 fully saturated rings. The third kappa shape index (κ3) is 4.14. The van der Waals surface area contributed by atoms with Crippen molar-refractivity contribution in [2.75, 3.05) is 13.1 Å². The molecule has 0 spiro atoms. The van der Waals surface area contributed by atoms with Crippen LogP contribution in [-0.2, 0) is 6.54 Å². The van der Waals surface area contributed by atoms with Crippen LogP contribution in [0.1, 0.15) is 23.2 Å². The molecule has 0 aliphatic carbocycles. The summed E-state index contributed by atoms with van der Waals surface area (Å²) in [4.78, 5) is 27.9. The number of aromatic nitrogens is 2. The van der Waals surface area contributed by atoms with Crippen molar-refractivity contribution in [2.24, 2.45) is 0 Å². The van der Waals surface area contributed by atoms with E-state index in [-0.39, 0.29) is 30.0 Å². The molecule has 1 saturated heterocycles. The van der Waals surface area contributed by atoms with Crippen LogP contribution in [0.25, 0.3) is 10.9 Å². The number of hydrogen-bond acceptors (Lipinski definition) is 4. The number of aromatic amines is 1. The van der Waals surface area contributed by atoms with Gasteiger partial charge in [-0.1, -0.05) is 6.07 Å². The summed E-state index contributed by atoms with van der Waals surface area (Å²) >= 11 is 0.